The summed E-state index contributed by atoms with van der Waals surface area (Å²) in [5, 5.41) is 3.10. The first-order valence-electron chi connectivity index (χ1n) is 12.0. The molecule has 0 radical (unpaired) electrons. The van der Waals surface area contributed by atoms with E-state index in [4.69, 9.17) is 6.57 Å². The third-order valence-corrected chi connectivity index (χ3v) is 7.28. The van der Waals surface area contributed by atoms with Crippen LogP contribution in [0.15, 0.2) is 41.2 Å². The van der Waals surface area contributed by atoms with Gasteiger partial charge in [0.25, 0.3) is 11.7 Å². The molecule has 1 amide bonds. The third kappa shape index (κ3) is 5.43. The quantitative estimate of drug-likeness (QED) is 0.639. The smallest absolute Gasteiger partial charge is 0.293 e. The van der Waals surface area contributed by atoms with Gasteiger partial charge in [0.05, 0.1) is 0 Å². The van der Waals surface area contributed by atoms with Crippen molar-refractivity contribution < 1.29 is 4.79 Å². The van der Waals surface area contributed by atoms with Crippen molar-refractivity contribution in [2.45, 2.75) is 52.5 Å². The highest BCUT2D eigenvalue weighted by atomic mass is 16.1. The molecule has 33 heavy (non-hydrogen) atoms. The summed E-state index contributed by atoms with van der Waals surface area (Å²) in [5.74, 6) is 0.0803. The lowest BCUT2D eigenvalue weighted by atomic mass is 9.76. The summed E-state index contributed by atoms with van der Waals surface area (Å²) >= 11 is 0. The molecule has 3 aliphatic rings. The monoisotopic (exact) mass is 445 g/mol. The van der Waals surface area contributed by atoms with Crippen molar-refractivity contribution >= 4 is 22.9 Å². The number of carbonyl (C=O) groups excluding carboxylic acids is 1. The third-order valence-electron chi connectivity index (χ3n) is 7.28. The Balaban J connectivity index is 1.61. The van der Waals surface area contributed by atoms with E-state index in [1.54, 1.807) is 6.08 Å². The minimum absolute atomic E-state index is 0.220. The first-order chi connectivity index (χ1) is 15.8. The molecule has 0 saturated carbocycles. The fourth-order valence-electron chi connectivity index (χ4n) is 4.76. The first kappa shape index (κ1) is 23.4. The number of nitrogens with one attached hydrogen (secondary N) is 1. The van der Waals surface area contributed by atoms with Gasteiger partial charge in [-0.05, 0) is 61.9 Å². The zero-order valence-corrected chi connectivity index (χ0v) is 20.3. The van der Waals surface area contributed by atoms with E-state index in [0.29, 0.717) is 29.4 Å². The van der Waals surface area contributed by atoms with Gasteiger partial charge in [0, 0.05) is 49.9 Å². The van der Waals surface area contributed by atoms with Crippen LogP contribution in [-0.2, 0) is 4.79 Å². The van der Waals surface area contributed by atoms with Gasteiger partial charge in [-0.2, -0.15) is 0 Å². The van der Waals surface area contributed by atoms with Crippen molar-refractivity contribution in [1.82, 2.24) is 9.80 Å². The van der Waals surface area contributed by atoms with Crippen LogP contribution in [0.5, 0.6) is 0 Å². The predicted molar refractivity (Wildman–Crippen MR) is 135 cm³/mol. The van der Waals surface area contributed by atoms with E-state index in [-0.39, 0.29) is 5.91 Å². The molecule has 4 rings (SSSR count). The number of nitrogens with zero attached hydrogens (tertiary/aromatic N) is 4. The molecule has 1 saturated heterocycles. The number of anilines is 1. The summed E-state index contributed by atoms with van der Waals surface area (Å²) < 4.78 is 0. The second-order valence-corrected chi connectivity index (χ2v) is 10.3. The topological polar surface area (TPSA) is 52.3 Å². The highest BCUT2D eigenvalue weighted by Gasteiger charge is 2.27. The second kappa shape index (κ2) is 9.62. The number of hydrogen-bond donors (Lipinski definition) is 1. The van der Waals surface area contributed by atoms with Crippen LogP contribution in [0.3, 0.4) is 0 Å². The largest absolute Gasteiger partial charge is 0.361 e. The van der Waals surface area contributed by atoms with Gasteiger partial charge in [-0.3, -0.25) is 9.69 Å². The maximum atomic E-state index is 12.9. The minimum atomic E-state index is -0.220. The van der Waals surface area contributed by atoms with Crippen LogP contribution in [0.4, 0.5) is 5.69 Å². The van der Waals surface area contributed by atoms with Gasteiger partial charge in [0.1, 0.15) is 0 Å². The van der Waals surface area contributed by atoms with Crippen molar-refractivity contribution in [2.75, 3.05) is 38.5 Å². The van der Waals surface area contributed by atoms with E-state index in [2.05, 4.69) is 77.0 Å². The maximum Gasteiger partial charge on any atom is 0.293 e. The Morgan fingerprint density at radius 3 is 2.61 bits per heavy atom. The van der Waals surface area contributed by atoms with E-state index in [0.717, 1.165) is 56.7 Å². The lowest BCUT2D eigenvalue weighted by Crippen LogP contribution is -2.45. The molecule has 0 spiro atoms. The second-order valence-electron chi connectivity index (χ2n) is 10.3. The summed E-state index contributed by atoms with van der Waals surface area (Å²) in [7, 11) is 2.18. The molecule has 6 heteroatoms. The van der Waals surface area contributed by atoms with Crippen molar-refractivity contribution in [3.05, 3.63) is 58.7 Å². The molecule has 2 heterocycles. The molecule has 174 valence electrons. The van der Waals surface area contributed by atoms with Gasteiger partial charge in [-0.25, -0.2) is 0 Å². The Kier molecular flexibility index (Phi) is 6.83. The molecule has 1 atom stereocenters. The number of hydrogen-bond acceptors (Lipinski definition) is 4. The van der Waals surface area contributed by atoms with E-state index in [9.17, 15) is 4.79 Å². The molecule has 1 aliphatic carbocycles. The molecule has 0 bridgehead atoms. The van der Waals surface area contributed by atoms with Crippen LogP contribution < -0.4 is 5.32 Å². The van der Waals surface area contributed by atoms with Gasteiger partial charge in [0.15, 0.2) is 5.71 Å². The molecule has 0 aromatic heterocycles. The molecule has 6 nitrogen and oxygen atoms in total. The number of aliphatic imine (C=N–C) groups is 1. The minimum Gasteiger partial charge on any atom is -0.361 e. The zero-order chi connectivity index (χ0) is 23.6. The van der Waals surface area contributed by atoms with E-state index < -0.39 is 0 Å². The van der Waals surface area contributed by atoms with Gasteiger partial charge < -0.3 is 15.1 Å². The molecule has 2 aliphatic heterocycles. The Labute approximate surface area is 197 Å². The van der Waals surface area contributed by atoms with Crippen molar-refractivity contribution in [2.24, 2.45) is 10.4 Å². The first-order valence-corrected chi connectivity index (χ1v) is 12.0. The van der Waals surface area contributed by atoms with Crippen molar-refractivity contribution in [3.63, 3.8) is 0 Å². The van der Waals surface area contributed by atoms with Gasteiger partial charge in [-0.1, -0.05) is 38.6 Å². The highest BCUT2D eigenvalue weighted by Crippen LogP contribution is 2.41. The number of rotatable bonds is 5. The number of likely N-dealkylation sites (N-methyl/N-ethyl adjacent to an activating group) is 1. The molecule has 1 aromatic rings. The number of allylic oxidation sites excluding steroid dienone is 3. The van der Waals surface area contributed by atoms with Gasteiger partial charge >= 0.3 is 0 Å². The van der Waals surface area contributed by atoms with Crippen LogP contribution in [0.25, 0.3) is 10.4 Å². The fraction of sp³-hybridized carbons (Fsp3) is 0.519. The number of amides is 1. The van der Waals surface area contributed by atoms with Crippen LogP contribution in [-0.4, -0.2) is 54.6 Å². The van der Waals surface area contributed by atoms with E-state index in [1.807, 2.05) is 0 Å². The number of carbonyl (C=O) groups is 1. The van der Waals surface area contributed by atoms with Crippen LogP contribution >= 0.6 is 0 Å². The van der Waals surface area contributed by atoms with E-state index in [1.165, 1.54) is 11.1 Å². The van der Waals surface area contributed by atoms with Crippen molar-refractivity contribution in [3.8, 4) is 0 Å². The van der Waals surface area contributed by atoms with Gasteiger partial charge in [0.2, 0.25) is 0 Å². The maximum absolute atomic E-state index is 12.9. The average Bonchev–Trinajstić information content (AvgIpc) is 3.29. The Bertz CT molecular complexity index is 1050. The Morgan fingerprint density at radius 1 is 1.21 bits per heavy atom. The van der Waals surface area contributed by atoms with Crippen molar-refractivity contribution in [1.29, 1.82) is 0 Å². The summed E-state index contributed by atoms with van der Waals surface area (Å²) in [6, 6.07) is 6.80. The number of piperazine rings is 1. The molecular formula is C27H35N5O. The highest BCUT2D eigenvalue weighted by molar-refractivity contribution is 6.44. The summed E-state index contributed by atoms with van der Waals surface area (Å²) in [6.45, 7) is 18.3. The van der Waals surface area contributed by atoms with Gasteiger partial charge in [-0.15, -0.1) is 4.99 Å². The summed E-state index contributed by atoms with van der Waals surface area (Å²) in [6.07, 6.45) is 7.65. The normalized spacial score (nSPS) is 22.1. The summed E-state index contributed by atoms with van der Waals surface area (Å²) in [4.78, 5) is 25.3. The average molecular weight is 446 g/mol. The lowest BCUT2D eigenvalue weighted by molar-refractivity contribution is -0.110. The standard InChI is InChI=1S/C27H35N5O/c1-19(32-16-14-31(5)15-17-32)21-6-7-23(30-26(33)24-8-9-25(28-4)29-24)22(18-21)20-10-12-27(2,3)13-11-20/h6-7,9-10,18-19H,8,11-17H2,1-3,5H3,(H,30,33). The van der Waals surface area contributed by atoms with Crippen LogP contribution in [0.1, 0.15) is 63.6 Å². The SMILES string of the molecule is [C-]#[N+]C1=CCC(C(=O)Nc2ccc(C(C)N3CCN(C)CC3)cc2C2=CCC(C)(C)CC2)=N1. The Morgan fingerprint density at radius 2 is 1.97 bits per heavy atom. The molecule has 1 N–H and O–H groups in total. The predicted octanol–water partition coefficient (Wildman–Crippen LogP) is 5.13. The fourth-order valence-corrected chi connectivity index (χ4v) is 4.76. The molecule has 1 fully saturated rings. The lowest BCUT2D eigenvalue weighted by Gasteiger charge is -2.37. The molecule has 1 unspecified atom stereocenters. The zero-order valence-electron chi connectivity index (χ0n) is 20.3. The van der Waals surface area contributed by atoms with Crippen LogP contribution in [0, 0.1) is 12.0 Å². The Hall–Kier alpha value is -2.75. The summed E-state index contributed by atoms with van der Waals surface area (Å²) in [5.41, 5.74) is 5.27. The molecular weight excluding hydrogens is 410 g/mol. The van der Waals surface area contributed by atoms with Crippen LogP contribution in [0.2, 0.25) is 0 Å². The number of benzene rings is 1. The molecule has 1 aromatic carbocycles. The van der Waals surface area contributed by atoms with E-state index >= 15 is 0 Å².